The van der Waals surface area contributed by atoms with Gasteiger partial charge in [0.2, 0.25) is 0 Å². The van der Waals surface area contributed by atoms with Crippen molar-refractivity contribution in [1.82, 2.24) is 10.6 Å². The van der Waals surface area contributed by atoms with Crippen LogP contribution in [0.1, 0.15) is 12.8 Å². The zero-order valence-electron chi connectivity index (χ0n) is 24.3. The van der Waals surface area contributed by atoms with Gasteiger partial charge in [-0.1, -0.05) is 0 Å². The molecule has 19 nitrogen and oxygen atoms in total. The molecule has 260 valence electrons. The number of rotatable bonds is 15. The van der Waals surface area contributed by atoms with Crippen LogP contribution < -0.4 is 27.8 Å². The van der Waals surface area contributed by atoms with Crippen molar-refractivity contribution in [2.24, 2.45) is 17.2 Å². The third-order valence-electron chi connectivity index (χ3n) is 8.32. The summed E-state index contributed by atoms with van der Waals surface area (Å²) in [7, 11) is 0. The molecule has 1 saturated carbocycles. The monoisotopic (exact) mass is 645 g/mol. The smallest absolute Gasteiger partial charge is 0.187 e. The highest BCUT2D eigenvalue weighted by Gasteiger charge is 2.52. The van der Waals surface area contributed by atoms with Gasteiger partial charge >= 0.3 is 0 Å². The van der Waals surface area contributed by atoms with E-state index in [1.54, 1.807) is 0 Å². The lowest BCUT2D eigenvalue weighted by molar-refractivity contribution is -0.333. The summed E-state index contributed by atoms with van der Waals surface area (Å²) in [6.07, 6.45) is -18.3. The first-order valence-electron chi connectivity index (χ1n) is 14.8. The van der Waals surface area contributed by atoms with E-state index in [0.717, 1.165) is 0 Å². The highest BCUT2D eigenvalue weighted by Crippen LogP contribution is 2.32. The third-order valence-corrected chi connectivity index (χ3v) is 8.32. The quantitative estimate of drug-likeness (QED) is 0.0785. The molecular formula is C25H51N5O14. The van der Waals surface area contributed by atoms with Crippen molar-refractivity contribution in [1.29, 1.82) is 0 Å². The van der Waals surface area contributed by atoms with E-state index in [2.05, 4.69) is 10.6 Å². The summed E-state index contributed by atoms with van der Waals surface area (Å²) in [6.45, 7) is -1.31. The molecule has 2 heterocycles. The highest BCUT2D eigenvalue weighted by atomic mass is 16.7. The van der Waals surface area contributed by atoms with E-state index < -0.39 is 124 Å². The van der Waals surface area contributed by atoms with Crippen LogP contribution in [0.25, 0.3) is 0 Å². The van der Waals surface area contributed by atoms with Crippen LogP contribution in [0.15, 0.2) is 0 Å². The Bertz CT molecular complexity index is 836. The number of aliphatic hydroxyl groups excluding tert-OH is 10. The third kappa shape index (κ3) is 8.98. The largest absolute Gasteiger partial charge is 0.395 e. The Morgan fingerprint density at radius 2 is 1.39 bits per heavy atom. The lowest BCUT2D eigenvalue weighted by atomic mass is 9.83. The Labute approximate surface area is 254 Å². The second-order valence-electron chi connectivity index (χ2n) is 11.6. The fourth-order valence-electron chi connectivity index (χ4n) is 5.65. The molecule has 0 bridgehead atoms. The fraction of sp³-hybridized carbons (Fsp3) is 1.00. The predicted octanol–water partition coefficient (Wildman–Crippen LogP) is -8.97. The van der Waals surface area contributed by atoms with E-state index >= 15 is 0 Å². The average molecular weight is 646 g/mol. The zero-order chi connectivity index (χ0) is 32.7. The molecule has 2 saturated heterocycles. The van der Waals surface area contributed by atoms with Crippen LogP contribution in [0.3, 0.4) is 0 Å². The van der Waals surface area contributed by atoms with Crippen molar-refractivity contribution in [3.8, 4) is 0 Å². The van der Waals surface area contributed by atoms with Gasteiger partial charge in [0.1, 0.15) is 61.0 Å². The molecule has 16 atom stereocenters. The molecule has 0 spiro atoms. The normalized spacial score (nSPS) is 44.2. The summed E-state index contributed by atoms with van der Waals surface area (Å²) in [5.41, 5.74) is 17.7. The van der Waals surface area contributed by atoms with Crippen molar-refractivity contribution < 1.29 is 70.0 Å². The molecule has 18 N–H and O–H groups in total. The van der Waals surface area contributed by atoms with Crippen molar-refractivity contribution in [3.05, 3.63) is 0 Å². The maximum absolute atomic E-state index is 11.5. The highest BCUT2D eigenvalue weighted by molar-refractivity contribution is 5.03. The summed E-state index contributed by atoms with van der Waals surface area (Å²) in [5, 5.41) is 108. The molecular weight excluding hydrogens is 594 g/mol. The van der Waals surface area contributed by atoms with Gasteiger partial charge in [-0.15, -0.1) is 0 Å². The first-order chi connectivity index (χ1) is 20.9. The van der Waals surface area contributed by atoms with Gasteiger partial charge in [0.25, 0.3) is 0 Å². The Morgan fingerprint density at radius 1 is 0.773 bits per heavy atom. The lowest BCUT2D eigenvalue weighted by Crippen LogP contribution is -2.69. The standard InChI is InChI=1S/C25H51N5O14/c26-2-1-10(34)4-29-5-13-17(36)19(38)20(39)25(41-13)43-22-11(27)3-12(30-9(6-31)7-32)23(21(22)40)44-24-18(37)15(28)16(35)14(8-33)42-24/h9-25,29-40H,1-8,26-28H2/t10?,11-,12+,13+,14+,15-,16+,17+,18+,19-,20+,21-,22?,23-,24+,25+/m0/s1. The van der Waals surface area contributed by atoms with Gasteiger partial charge in [-0.05, 0) is 19.4 Å². The van der Waals surface area contributed by atoms with E-state index in [4.69, 9.17) is 36.1 Å². The van der Waals surface area contributed by atoms with Crippen LogP contribution >= 0.6 is 0 Å². The van der Waals surface area contributed by atoms with E-state index in [1.165, 1.54) is 0 Å². The van der Waals surface area contributed by atoms with Crippen LogP contribution in [0, 0.1) is 0 Å². The maximum Gasteiger partial charge on any atom is 0.187 e. The summed E-state index contributed by atoms with van der Waals surface area (Å²) in [5.74, 6) is 0. The molecule has 0 aromatic rings. The van der Waals surface area contributed by atoms with Crippen molar-refractivity contribution in [2.45, 2.75) is 117 Å². The van der Waals surface area contributed by atoms with Crippen molar-refractivity contribution in [2.75, 3.05) is 39.5 Å². The van der Waals surface area contributed by atoms with Gasteiger partial charge in [0.15, 0.2) is 12.6 Å². The minimum atomic E-state index is -1.76. The van der Waals surface area contributed by atoms with Crippen molar-refractivity contribution in [3.63, 3.8) is 0 Å². The Morgan fingerprint density at radius 3 is 2.00 bits per heavy atom. The summed E-state index contributed by atoms with van der Waals surface area (Å²) >= 11 is 0. The second-order valence-corrected chi connectivity index (χ2v) is 11.6. The molecule has 0 aromatic heterocycles. The summed E-state index contributed by atoms with van der Waals surface area (Å²) in [4.78, 5) is 0. The van der Waals surface area contributed by atoms with Crippen LogP contribution in [-0.2, 0) is 18.9 Å². The maximum atomic E-state index is 11.5. The number of ether oxygens (including phenoxy) is 4. The lowest BCUT2D eigenvalue weighted by Gasteiger charge is -2.49. The van der Waals surface area contributed by atoms with Crippen LogP contribution in [0.5, 0.6) is 0 Å². The molecule has 3 aliphatic rings. The Kier molecular flexibility index (Phi) is 14.9. The number of nitrogens with two attached hydrogens (primary N) is 3. The predicted molar refractivity (Wildman–Crippen MR) is 148 cm³/mol. The minimum absolute atomic E-state index is 0.0121. The van der Waals surface area contributed by atoms with E-state index in [-0.39, 0.29) is 26.1 Å². The van der Waals surface area contributed by atoms with Crippen LogP contribution in [0.4, 0.5) is 0 Å². The zero-order valence-corrected chi connectivity index (χ0v) is 24.3. The van der Waals surface area contributed by atoms with E-state index in [1.807, 2.05) is 0 Å². The van der Waals surface area contributed by atoms with Gasteiger partial charge in [-0.3, -0.25) is 0 Å². The molecule has 0 radical (unpaired) electrons. The van der Waals surface area contributed by atoms with Crippen LogP contribution in [0.2, 0.25) is 0 Å². The molecule has 3 fully saturated rings. The summed E-state index contributed by atoms with van der Waals surface area (Å²) < 4.78 is 23.1. The van der Waals surface area contributed by atoms with Gasteiger partial charge < -0.3 is 97.8 Å². The SMILES string of the molecule is NCCC(O)CNC[C@H]1O[C@H](OC2[C@@H](N)C[C@@H](NC(CO)CO)[C@H](O[C@H]3O[C@H](CO)[C@@H](O)[C@H](N)[C@H]3O)[C@H]2O)[C@H](O)[C@@H](O)[C@@H]1O. The second kappa shape index (κ2) is 17.4. The number of hydrogen-bond acceptors (Lipinski definition) is 19. The van der Waals surface area contributed by atoms with Gasteiger partial charge in [-0.25, -0.2) is 0 Å². The topological polar surface area (TPSA) is 341 Å². The van der Waals surface area contributed by atoms with Crippen molar-refractivity contribution >= 4 is 0 Å². The van der Waals surface area contributed by atoms with Gasteiger partial charge in [-0.2, -0.15) is 0 Å². The van der Waals surface area contributed by atoms with E-state index in [0.29, 0.717) is 6.42 Å². The molecule has 3 rings (SSSR count). The molecule has 2 unspecified atom stereocenters. The molecule has 44 heavy (non-hydrogen) atoms. The number of nitrogens with one attached hydrogen (secondary N) is 2. The average Bonchev–Trinajstić information content (AvgIpc) is 3.00. The summed E-state index contributed by atoms with van der Waals surface area (Å²) in [6, 6.07) is -3.99. The first-order valence-corrected chi connectivity index (χ1v) is 14.8. The Hall–Kier alpha value is -0.760. The molecule has 19 heteroatoms. The first kappa shape index (κ1) is 37.7. The number of aliphatic hydroxyl groups is 10. The molecule has 2 aliphatic heterocycles. The van der Waals surface area contributed by atoms with Gasteiger partial charge in [0.05, 0.1) is 38.0 Å². The molecule has 0 aromatic carbocycles. The Balaban J connectivity index is 1.78. The van der Waals surface area contributed by atoms with Crippen LogP contribution in [-0.4, -0.2) is 194 Å². The molecule has 1 aliphatic carbocycles. The molecule has 0 amide bonds. The van der Waals surface area contributed by atoms with E-state index in [9.17, 15) is 51.1 Å². The fourth-order valence-corrected chi connectivity index (χ4v) is 5.65. The number of hydrogen-bond donors (Lipinski definition) is 15. The minimum Gasteiger partial charge on any atom is -0.395 e. The van der Waals surface area contributed by atoms with Gasteiger partial charge in [0, 0.05) is 25.2 Å².